The van der Waals surface area contributed by atoms with E-state index in [2.05, 4.69) is 17.7 Å². The van der Waals surface area contributed by atoms with Gasteiger partial charge in [-0.1, -0.05) is 49.3 Å². The Morgan fingerprint density at radius 2 is 1.90 bits per heavy atom. The van der Waals surface area contributed by atoms with E-state index in [4.69, 9.17) is 4.42 Å². The smallest absolute Gasteiger partial charge is 0.408 e. The third-order valence-corrected chi connectivity index (χ3v) is 7.56. The van der Waals surface area contributed by atoms with Crippen molar-refractivity contribution in [2.45, 2.75) is 56.9 Å². The minimum atomic E-state index is -2.42. The second-order valence-corrected chi connectivity index (χ2v) is 11.1. The fourth-order valence-corrected chi connectivity index (χ4v) is 5.64. The molecule has 0 N–H and O–H groups in total. The van der Waals surface area contributed by atoms with Gasteiger partial charge in [0.15, 0.2) is 5.58 Å². The van der Waals surface area contributed by atoms with Gasteiger partial charge in [0.05, 0.1) is 11.6 Å². The molecule has 2 aromatic carbocycles. The Labute approximate surface area is 184 Å². The lowest BCUT2D eigenvalue weighted by Gasteiger charge is -2.17. The largest absolute Gasteiger partial charge is 0.420 e. The highest BCUT2D eigenvalue weighted by atomic mass is 32.2. The number of hydrogen-bond acceptors (Lipinski definition) is 3. The number of aromatic nitrogens is 1. The van der Waals surface area contributed by atoms with Gasteiger partial charge in [-0.3, -0.25) is 8.78 Å². The van der Waals surface area contributed by atoms with Crippen molar-refractivity contribution >= 4 is 26.5 Å². The van der Waals surface area contributed by atoms with Crippen LogP contribution in [-0.4, -0.2) is 20.9 Å². The first-order valence-electron chi connectivity index (χ1n) is 10.8. The maximum absolute atomic E-state index is 12.8. The Balaban J connectivity index is 1.78. The number of oxazole rings is 1. The molecule has 5 heteroatoms. The number of nitrogens with zero attached hydrogens (tertiary/aromatic N) is 1. The Morgan fingerprint density at radius 3 is 2.61 bits per heavy atom. The summed E-state index contributed by atoms with van der Waals surface area (Å²) in [7, 11) is -2.42. The summed E-state index contributed by atoms with van der Waals surface area (Å²) in [6.07, 6.45) is 7.76. The zero-order chi connectivity index (χ0) is 22.2. The van der Waals surface area contributed by atoms with Crippen LogP contribution >= 0.6 is 0 Å². The molecule has 1 saturated carbocycles. The number of fused-ring (bicyclic) bond motifs is 1. The first kappa shape index (κ1) is 21.5. The predicted molar refractivity (Wildman–Crippen MR) is 128 cm³/mol. The molecule has 1 aromatic heterocycles. The van der Waals surface area contributed by atoms with Crippen LogP contribution in [0.5, 0.6) is 0 Å². The summed E-state index contributed by atoms with van der Waals surface area (Å²) >= 11 is 0. The Hall–Kier alpha value is -2.71. The van der Waals surface area contributed by atoms with Crippen molar-refractivity contribution in [3.63, 3.8) is 0 Å². The van der Waals surface area contributed by atoms with Crippen molar-refractivity contribution in [1.29, 1.82) is 0 Å². The van der Waals surface area contributed by atoms with Crippen molar-refractivity contribution in [2.75, 3.05) is 6.26 Å². The summed E-state index contributed by atoms with van der Waals surface area (Å²) in [6.45, 7) is 3.88. The van der Waals surface area contributed by atoms with Gasteiger partial charge in [-0.2, -0.15) is 0 Å². The van der Waals surface area contributed by atoms with Gasteiger partial charge in [0.25, 0.3) is 0 Å². The van der Waals surface area contributed by atoms with Gasteiger partial charge in [0, 0.05) is 22.6 Å². The molecule has 0 amide bonds. The summed E-state index contributed by atoms with van der Waals surface area (Å²) in [5, 5.41) is 0. The minimum absolute atomic E-state index is 0.249. The molecule has 0 aliphatic heterocycles. The van der Waals surface area contributed by atoms with Gasteiger partial charge in [-0.15, -0.1) is 0 Å². The van der Waals surface area contributed by atoms with E-state index in [0.29, 0.717) is 21.9 Å². The molecule has 3 aromatic rings. The Kier molecular flexibility index (Phi) is 5.85. The van der Waals surface area contributed by atoms with Crippen LogP contribution in [0.2, 0.25) is 0 Å². The first-order chi connectivity index (χ1) is 14.8. The van der Waals surface area contributed by atoms with E-state index in [-0.39, 0.29) is 6.04 Å². The summed E-state index contributed by atoms with van der Waals surface area (Å²) in [5.74, 6) is 10.7. The zero-order valence-electron chi connectivity index (χ0n) is 18.4. The van der Waals surface area contributed by atoms with Crippen LogP contribution in [0.3, 0.4) is 0 Å². The van der Waals surface area contributed by atoms with E-state index in [1.54, 1.807) is 16.9 Å². The van der Waals surface area contributed by atoms with Crippen molar-refractivity contribution in [3.05, 3.63) is 63.6 Å². The van der Waals surface area contributed by atoms with Gasteiger partial charge in [0.2, 0.25) is 0 Å². The molecule has 1 aliphatic rings. The number of rotatable bonds is 3. The summed E-state index contributed by atoms with van der Waals surface area (Å²) in [6, 6.07) is 11.3. The van der Waals surface area contributed by atoms with Crippen LogP contribution in [0.4, 0.5) is 0 Å². The lowest BCUT2D eigenvalue weighted by molar-refractivity contribution is 0.430. The normalized spacial score (nSPS) is 17.6. The first-order valence-corrected chi connectivity index (χ1v) is 13.0. The quantitative estimate of drug-likeness (QED) is 0.422. The van der Waals surface area contributed by atoms with E-state index in [1.807, 2.05) is 44.2 Å². The molecule has 1 aliphatic carbocycles. The topological polar surface area (TPSA) is 52.2 Å². The monoisotopic (exact) mass is 435 g/mol. The maximum Gasteiger partial charge on any atom is 0.420 e. The molecule has 1 heterocycles. The lowest BCUT2D eigenvalue weighted by Crippen LogP contribution is -2.20. The van der Waals surface area contributed by atoms with Gasteiger partial charge in [-0.25, -0.2) is 4.79 Å². The third kappa shape index (κ3) is 4.36. The van der Waals surface area contributed by atoms with Crippen molar-refractivity contribution in [1.82, 2.24) is 4.57 Å². The molecule has 1 unspecified atom stereocenters. The molecule has 0 radical (unpaired) electrons. The Bertz CT molecular complexity index is 1340. The SMILES string of the molecule is C=S(C)(=O)c1cc2oc(=O)n([C@H](C)c3ccccc3C#CC3CCCCC3)c2cc1C. The van der Waals surface area contributed by atoms with Crippen LogP contribution in [0.15, 0.2) is 50.5 Å². The fourth-order valence-electron chi connectivity index (χ4n) is 4.54. The van der Waals surface area contributed by atoms with Crippen LogP contribution in [0.1, 0.15) is 61.8 Å². The van der Waals surface area contributed by atoms with Crippen LogP contribution in [0, 0.1) is 24.7 Å². The second-order valence-electron chi connectivity index (χ2n) is 8.70. The summed E-state index contributed by atoms with van der Waals surface area (Å²) in [5.41, 5.74) is 3.90. The zero-order valence-corrected chi connectivity index (χ0v) is 19.3. The Morgan fingerprint density at radius 1 is 1.19 bits per heavy atom. The molecule has 31 heavy (non-hydrogen) atoms. The molecule has 2 atom stereocenters. The molecule has 162 valence electrons. The predicted octanol–water partition coefficient (Wildman–Crippen LogP) is 5.15. The third-order valence-electron chi connectivity index (χ3n) is 6.19. The van der Waals surface area contributed by atoms with E-state index < -0.39 is 15.3 Å². The number of hydrogen-bond donors (Lipinski definition) is 0. The van der Waals surface area contributed by atoms with Gasteiger partial charge in [0.1, 0.15) is 0 Å². The summed E-state index contributed by atoms with van der Waals surface area (Å²) in [4.78, 5) is 13.4. The fraction of sp³-hybridized carbons (Fsp3) is 0.385. The van der Waals surface area contributed by atoms with Crippen molar-refractivity contribution < 1.29 is 8.63 Å². The maximum atomic E-state index is 12.8. The van der Waals surface area contributed by atoms with E-state index in [0.717, 1.165) is 16.7 Å². The van der Waals surface area contributed by atoms with Crippen LogP contribution in [0.25, 0.3) is 11.1 Å². The van der Waals surface area contributed by atoms with E-state index >= 15 is 0 Å². The van der Waals surface area contributed by atoms with Crippen molar-refractivity contribution in [2.24, 2.45) is 5.92 Å². The molecular weight excluding hydrogens is 406 g/mol. The van der Waals surface area contributed by atoms with Crippen LogP contribution < -0.4 is 5.76 Å². The molecule has 0 bridgehead atoms. The minimum Gasteiger partial charge on any atom is -0.408 e. The highest BCUT2D eigenvalue weighted by Gasteiger charge is 2.21. The van der Waals surface area contributed by atoms with Crippen molar-refractivity contribution in [3.8, 4) is 11.8 Å². The molecule has 4 nitrogen and oxygen atoms in total. The molecule has 0 spiro atoms. The van der Waals surface area contributed by atoms with E-state index in [1.165, 1.54) is 32.1 Å². The molecular formula is C26H29NO3S. The van der Waals surface area contributed by atoms with Crippen LogP contribution in [-0.2, 0) is 9.52 Å². The standard InChI is InChI=1S/C26H29NO3S/c1-18-16-23-24(17-25(18)31(3,4)29)30-26(28)27(23)19(2)22-13-9-8-12-21(22)15-14-20-10-6-5-7-11-20/h8-9,12-13,16-17,19-20H,3,5-7,10-11H2,1-2,4H3/t19-,31?/m1/s1. The van der Waals surface area contributed by atoms with Gasteiger partial charge < -0.3 is 4.42 Å². The van der Waals surface area contributed by atoms with Gasteiger partial charge >= 0.3 is 5.76 Å². The average molecular weight is 436 g/mol. The second kappa shape index (κ2) is 8.43. The average Bonchev–Trinajstić information content (AvgIpc) is 3.06. The number of benzene rings is 2. The highest BCUT2D eigenvalue weighted by molar-refractivity contribution is 7.99. The number of aryl methyl sites for hydroxylation is 1. The molecule has 1 fully saturated rings. The molecule has 0 saturated heterocycles. The highest BCUT2D eigenvalue weighted by Crippen LogP contribution is 2.29. The molecule has 4 rings (SSSR count). The summed E-state index contributed by atoms with van der Waals surface area (Å²) < 4.78 is 19.7. The van der Waals surface area contributed by atoms with E-state index in [9.17, 15) is 9.00 Å². The lowest BCUT2D eigenvalue weighted by atomic mass is 9.89. The van der Waals surface area contributed by atoms with Gasteiger partial charge in [-0.05, 0) is 71.4 Å².